The quantitative estimate of drug-likeness (QED) is 0.245. The highest BCUT2D eigenvalue weighted by atomic mass is 17.0. The summed E-state index contributed by atoms with van der Waals surface area (Å²) in [6.45, 7) is 0.0649. The molecule has 0 saturated carbocycles. The van der Waals surface area contributed by atoms with E-state index in [1.807, 2.05) is 0 Å². The van der Waals surface area contributed by atoms with Crippen LogP contribution >= 0.6 is 0 Å². The van der Waals surface area contributed by atoms with Gasteiger partial charge in [-0.2, -0.15) is 0 Å². The van der Waals surface area contributed by atoms with Gasteiger partial charge < -0.3 is 16.6 Å². The Morgan fingerprint density at radius 1 is 1.41 bits per heavy atom. The molecule has 0 amide bonds. The third-order valence-corrected chi connectivity index (χ3v) is 1.50. The van der Waals surface area contributed by atoms with E-state index < -0.39 is 5.09 Å². The summed E-state index contributed by atoms with van der Waals surface area (Å²) in [6.07, 6.45) is 0.540. The molecule has 1 aromatic carbocycles. The van der Waals surface area contributed by atoms with Gasteiger partial charge in [-0.05, 0) is 24.1 Å². The smallest absolute Gasteiger partial charge is 0.299 e. The molecule has 0 aromatic heterocycles. The molecule has 1 rings (SSSR count). The third-order valence-electron chi connectivity index (χ3n) is 1.50. The zero-order chi connectivity index (χ0) is 13.3. The molecule has 0 aliphatic rings. The van der Waals surface area contributed by atoms with Gasteiger partial charge >= 0.3 is 0 Å². The molecule has 0 aliphatic carbocycles. The summed E-state index contributed by atoms with van der Waals surface area (Å²) in [5.41, 5.74) is 9.86. The fraction of sp³-hybridized carbons (Fsp3) is 0.222. The molecule has 0 aliphatic heterocycles. The molecule has 0 atom stereocenters. The van der Waals surface area contributed by atoms with E-state index in [-0.39, 0.29) is 18.3 Å². The molecule has 0 fully saturated rings. The van der Waals surface area contributed by atoms with Crippen molar-refractivity contribution in [2.75, 3.05) is 6.61 Å². The zero-order valence-corrected chi connectivity index (χ0v) is 9.00. The summed E-state index contributed by atoms with van der Waals surface area (Å²) in [5.74, 6) is -0.147. The molecule has 8 heteroatoms. The predicted molar refractivity (Wildman–Crippen MR) is 61.0 cm³/mol. The number of aliphatic hydroxyl groups excluding tert-OH is 1. The van der Waals surface area contributed by atoms with Crippen molar-refractivity contribution in [2.45, 2.75) is 6.42 Å². The van der Waals surface area contributed by atoms with E-state index in [0.717, 1.165) is 5.56 Å². The molecular formula is C9H14N4O4. The first-order valence-electron chi connectivity index (χ1n) is 4.57. The van der Waals surface area contributed by atoms with Crippen LogP contribution in [0.15, 0.2) is 24.3 Å². The van der Waals surface area contributed by atoms with Gasteiger partial charge in [-0.1, -0.05) is 12.1 Å². The maximum atomic E-state index is 9.92. The molecular weight excluding hydrogens is 228 g/mol. The topological polar surface area (TPSA) is 148 Å². The average molecular weight is 242 g/mol. The first-order valence-corrected chi connectivity index (χ1v) is 4.57. The fourth-order valence-electron chi connectivity index (χ4n) is 0.932. The number of hydrogen-bond acceptors (Lipinski definition) is 5. The number of guanidine groups is 1. The molecule has 1 aromatic rings. The van der Waals surface area contributed by atoms with E-state index in [1.165, 1.54) is 12.1 Å². The molecule has 6 N–H and O–H groups in total. The summed E-state index contributed by atoms with van der Waals surface area (Å²) in [7, 11) is 0. The van der Waals surface area contributed by atoms with Crippen LogP contribution in [0.5, 0.6) is 5.75 Å². The first-order chi connectivity index (χ1) is 7.95. The van der Waals surface area contributed by atoms with E-state index in [9.17, 15) is 10.1 Å². The van der Waals surface area contributed by atoms with Crippen molar-refractivity contribution >= 4 is 5.96 Å². The number of rotatable bonds is 4. The van der Waals surface area contributed by atoms with Crippen LogP contribution in [0, 0.1) is 15.5 Å². The van der Waals surface area contributed by atoms with Gasteiger partial charge in [-0.25, -0.2) is 0 Å². The van der Waals surface area contributed by atoms with Gasteiger partial charge in [0.1, 0.15) is 5.75 Å². The molecule has 8 nitrogen and oxygen atoms in total. The Bertz CT molecular complexity index is 362. The number of hydrogen-bond donors (Lipinski definition) is 4. The van der Waals surface area contributed by atoms with Gasteiger partial charge in [0, 0.05) is 6.61 Å². The normalized spacial score (nSPS) is 8.76. The minimum absolute atomic E-state index is 0.0649. The number of nitrogens with one attached hydrogen (secondary N) is 1. The molecule has 0 spiro atoms. The van der Waals surface area contributed by atoms with E-state index in [4.69, 9.17) is 10.5 Å². The molecule has 0 unspecified atom stereocenters. The number of nitrogens with two attached hydrogens (primary N) is 2. The standard InChI is InChI=1S/C8H9NO4.CH5N3/c10-6-5-7-1-3-8(4-2-7)13-9(11)12;2-1(3)4/h1-4,10H,5-6H2;(H5,2,3,4). The maximum absolute atomic E-state index is 9.92. The van der Waals surface area contributed by atoms with Gasteiger partial charge in [-0.3, -0.25) is 10.2 Å². The lowest BCUT2D eigenvalue weighted by atomic mass is 10.1. The number of benzene rings is 1. The molecule has 0 bridgehead atoms. The highest BCUT2D eigenvalue weighted by Crippen LogP contribution is 2.12. The van der Waals surface area contributed by atoms with Gasteiger partial charge in [0.15, 0.2) is 5.96 Å². The summed E-state index contributed by atoms with van der Waals surface area (Å²) >= 11 is 0. The van der Waals surface area contributed by atoms with Crippen molar-refractivity contribution in [3.63, 3.8) is 0 Å². The highest BCUT2D eigenvalue weighted by molar-refractivity contribution is 5.71. The van der Waals surface area contributed by atoms with Crippen molar-refractivity contribution in [1.82, 2.24) is 0 Å². The van der Waals surface area contributed by atoms with Gasteiger partial charge in [0.2, 0.25) is 0 Å². The van der Waals surface area contributed by atoms with Gasteiger partial charge in [0.05, 0.1) is 0 Å². The molecule has 0 saturated heterocycles. The van der Waals surface area contributed by atoms with Crippen LogP contribution in [0.25, 0.3) is 0 Å². The lowest BCUT2D eigenvalue weighted by Gasteiger charge is -2.00. The van der Waals surface area contributed by atoms with Crippen LogP contribution in [0.1, 0.15) is 5.56 Å². The lowest BCUT2D eigenvalue weighted by molar-refractivity contribution is -0.711. The number of nitrogens with zero attached hydrogens (tertiary/aromatic N) is 1. The largest absolute Gasteiger partial charge is 0.396 e. The van der Waals surface area contributed by atoms with Crippen molar-refractivity contribution < 1.29 is 15.0 Å². The molecule has 0 radical (unpaired) electrons. The Morgan fingerprint density at radius 3 is 2.24 bits per heavy atom. The average Bonchev–Trinajstić information content (AvgIpc) is 2.19. The summed E-state index contributed by atoms with van der Waals surface area (Å²) in [4.78, 5) is 14.1. The SMILES string of the molecule is N=C(N)N.O=[N+]([O-])Oc1ccc(CCO)cc1. The van der Waals surface area contributed by atoms with Gasteiger partial charge in [0.25, 0.3) is 5.09 Å². The summed E-state index contributed by atoms with van der Waals surface area (Å²) in [6, 6.07) is 6.34. The minimum Gasteiger partial charge on any atom is -0.396 e. The minimum atomic E-state index is -0.860. The predicted octanol–water partition coefficient (Wildman–Crippen LogP) is -0.370. The van der Waals surface area contributed by atoms with E-state index in [2.05, 4.69) is 16.3 Å². The summed E-state index contributed by atoms with van der Waals surface area (Å²) < 4.78 is 0. The van der Waals surface area contributed by atoms with Crippen LogP contribution in [0.2, 0.25) is 0 Å². The summed E-state index contributed by atoms with van der Waals surface area (Å²) in [5, 5.41) is 23.7. The van der Waals surface area contributed by atoms with Crippen LogP contribution < -0.4 is 16.3 Å². The fourth-order valence-corrected chi connectivity index (χ4v) is 0.932. The molecule has 94 valence electrons. The van der Waals surface area contributed by atoms with Crippen LogP contribution in [0.4, 0.5) is 0 Å². The second-order valence-electron chi connectivity index (χ2n) is 2.89. The van der Waals surface area contributed by atoms with Crippen LogP contribution in [0.3, 0.4) is 0 Å². The number of aliphatic hydroxyl groups is 1. The second-order valence-corrected chi connectivity index (χ2v) is 2.89. The Balaban J connectivity index is 0.000000557. The second kappa shape index (κ2) is 7.88. The van der Waals surface area contributed by atoms with E-state index in [1.54, 1.807) is 12.1 Å². The Kier molecular flexibility index (Phi) is 6.79. The van der Waals surface area contributed by atoms with Crippen molar-refractivity contribution in [1.29, 1.82) is 5.41 Å². The highest BCUT2D eigenvalue weighted by Gasteiger charge is 1.98. The van der Waals surface area contributed by atoms with Crippen molar-refractivity contribution in [3.05, 3.63) is 39.9 Å². The molecule has 0 heterocycles. The van der Waals surface area contributed by atoms with Crippen molar-refractivity contribution in [2.24, 2.45) is 11.5 Å². The van der Waals surface area contributed by atoms with Gasteiger partial charge in [-0.15, -0.1) is 10.1 Å². The van der Waals surface area contributed by atoms with Crippen LogP contribution in [-0.2, 0) is 6.42 Å². The Hall–Kier alpha value is -2.35. The van der Waals surface area contributed by atoms with E-state index in [0.29, 0.717) is 6.42 Å². The molecule has 17 heavy (non-hydrogen) atoms. The Labute approximate surface area is 97.4 Å². The zero-order valence-electron chi connectivity index (χ0n) is 9.00. The Morgan fingerprint density at radius 2 is 1.88 bits per heavy atom. The lowest BCUT2D eigenvalue weighted by Crippen LogP contribution is -2.20. The first kappa shape index (κ1) is 14.6. The van der Waals surface area contributed by atoms with Crippen LogP contribution in [-0.4, -0.2) is 22.8 Å². The monoisotopic (exact) mass is 242 g/mol. The maximum Gasteiger partial charge on any atom is 0.299 e. The third kappa shape index (κ3) is 8.63. The van der Waals surface area contributed by atoms with Crippen molar-refractivity contribution in [3.8, 4) is 5.75 Å². The van der Waals surface area contributed by atoms with E-state index >= 15 is 0 Å².